The van der Waals surface area contributed by atoms with Crippen LogP contribution in [-0.2, 0) is 6.18 Å². The molecule has 0 atom stereocenters. The number of aromatic nitrogens is 2. The summed E-state index contributed by atoms with van der Waals surface area (Å²) < 4.78 is 37.3. The van der Waals surface area contributed by atoms with Crippen LogP contribution in [0.1, 0.15) is 16.1 Å². The first kappa shape index (κ1) is 10.5. The van der Waals surface area contributed by atoms with Crippen molar-refractivity contribution in [3.8, 4) is 0 Å². The summed E-state index contributed by atoms with van der Waals surface area (Å²) in [5.74, 6) is 0. The Morgan fingerprint density at radius 1 is 1.19 bits per heavy atom. The summed E-state index contributed by atoms with van der Waals surface area (Å²) >= 11 is 0. The van der Waals surface area contributed by atoms with Gasteiger partial charge in [-0.2, -0.15) is 13.2 Å². The minimum atomic E-state index is -4.44. The number of aldehydes is 1. The molecule has 0 aliphatic heterocycles. The van der Waals surface area contributed by atoms with E-state index in [0.29, 0.717) is 11.8 Å². The van der Waals surface area contributed by atoms with Crippen molar-refractivity contribution in [2.45, 2.75) is 6.18 Å². The number of nitrogens with zero attached hydrogens (tertiary/aromatic N) is 2. The maximum absolute atomic E-state index is 12.4. The molecule has 0 saturated carbocycles. The SMILES string of the molecule is O=Cc1ncnc2ccc(C(F)(F)F)cc12. The maximum atomic E-state index is 12.4. The molecule has 0 aliphatic rings. The fourth-order valence-corrected chi connectivity index (χ4v) is 1.35. The number of carbonyl (C=O) groups is 1. The normalized spacial score (nSPS) is 11.7. The average molecular weight is 226 g/mol. The predicted molar refractivity (Wildman–Crippen MR) is 49.9 cm³/mol. The van der Waals surface area contributed by atoms with Gasteiger partial charge >= 0.3 is 6.18 Å². The first-order chi connectivity index (χ1) is 7.52. The molecule has 0 amide bonds. The van der Waals surface area contributed by atoms with E-state index in [1.807, 2.05) is 0 Å². The summed E-state index contributed by atoms with van der Waals surface area (Å²) in [4.78, 5) is 18.0. The molecule has 0 bridgehead atoms. The molecule has 0 aliphatic carbocycles. The molecule has 0 N–H and O–H groups in total. The second kappa shape index (κ2) is 3.55. The average Bonchev–Trinajstić information content (AvgIpc) is 2.26. The number of benzene rings is 1. The topological polar surface area (TPSA) is 42.9 Å². The second-order valence-corrected chi connectivity index (χ2v) is 3.11. The highest BCUT2D eigenvalue weighted by Gasteiger charge is 2.30. The third-order valence-electron chi connectivity index (χ3n) is 2.11. The molecule has 0 unspecified atom stereocenters. The number of carbonyl (C=O) groups excluding carboxylic acids is 1. The van der Waals surface area contributed by atoms with Crippen LogP contribution in [-0.4, -0.2) is 16.3 Å². The minimum Gasteiger partial charge on any atom is -0.296 e. The molecule has 0 fully saturated rings. The van der Waals surface area contributed by atoms with E-state index < -0.39 is 11.7 Å². The molecule has 1 aromatic carbocycles. The highest BCUT2D eigenvalue weighted by atomic mass is 19.4. The maximum Gasteiger partial charge on any atom is 0.416 e. The Balaban J connectivity index is 2.73. The van der Waals surface area contributed by atoms with E-state index >= 15 is 0 Å². The molecule has 1 heterocycles. The quantitative estimate of drug-likeness (QED) is 0.701. The van der Waals surface area contributed by atoms with Crippen molar-refractivity contribution >= 4 is 17.2 Å². The van der Waals surface area contributed by atoms with E-state index in [1.54, 1.807) is 0 Å². The first-order valence-electron chi connectivity index (χ1n) is 4.29. The lowest BCUT2D eigenvalue weighted by Crippen LogP contribution is -2.05. The summed E-state index contributed by atoms with van der Waals surface area (Å²) in [6, 6.07) is 3.01. The zero-order valence-corrected chi connectivity index (χ0v) is 7.82. The van der Waals surface area contributed by atoms with E-state index in [2.05, 4.69) is 9.97 Å². The largest absolute Gasteiger partial charge is 0.416 e. The van der Waals surface area contributed by atoms with Crippen LogP contribution in [0.25, 0.3) is 10.9 Å². The van der Waals surface area contributed by atoms with Gasteiger partial charge in [-0.05, 0) is 18.2 Å². The number of hydrogen-bond acceptors (Lipinski definition) is 3. The van der Waals surface area contributed by atoms with Gasteiger partial charge in [-0.15, -0.1) is 0 Å². The van der Waals surface area contributed by atoms with Crippen LogP contribution in [0.5, 0.6) is 0 Å². The summed E-state index contributed by atoms with van der Waals surface area (Å²) in [6.07, 6.45) is -2.90. The van der Waals surface area contributed by atoms with Crippen molar-refractivity contribution in [1.29, 1.82) is 0 Å². The Kier molecular flexibility index (Phi) is 2.34. The Labute approximate surface area is 87.9 Å². The van der Waals surface area contributed by atoms with Crippen LogP contribution < -0.4 is 0 Å². The number of hydrogen-bond donors (Lipinski definition) is 0. The molecule has 3 nitrogen and oxygen atoms in total. The molecule has 0 spiro atoms. The molecule has 6 heteroatoms. The molecule has 2 aromatic rings. The Hall–Kier alpha value is -1.98. The molecule has 1 aromatic heterocycles. The van der Waals surface area contributed by atoms with Crippen molar-refractivity contribution in [1.82, 2.24) is 9.97 Å². The summed E-state index contributed by atoms with van der Waals surface area (Å²) in [7, 11) is 0. The molecule has 82 valence electrons. The van der Waals surface area contributed by atoms with Crippen molar-refractivity contribution in [3.63, 3.8) is 0 Å². The number of rotatable bonds is 1. The van der Waals surface area contributed by atoms with Crippen LogP contribution >= 0.6 is 0 Å². The van der Waals surface area contributed by atoms with Gasteiger partial charge in [0.2, 0.25) is 0 Å². The van der Waals surface area contributed by atoms with Gasteiger partial charge in [0, 0.05) is 5.39 Å². The van der Waals surface area contributed by atoms with Gasteiger partial charge in [0.05, 0.1) is 11.1 Å². The van der Waals surface area contributed by atoms with Crippen molar-refractivity contribution < 1.29 is 18.0 Å². The van der Waals surface area contributed by atoms with Gasteiger partial charge in [0.1, 0.15) is 12.0 Å². The lowest BCUT2D eigenvalue weighted by atomic mass is 10.1. The number of alkyl halides is 3. The minimum absolute atomic E-state index is 0.0453. The van der Waals surface area contributed by atoms with Crippen LogP contribution in [0, 0.1) is 0 Å². The van der Waals surface area contributed by atoms with Gasteiger partial charge in [-0.3, -0.25) is 4.79 Å². The van der Waals surface area contributed by atoms with Crippen LogP contribution in [0.2, 0.25) is 0 Å². The van der Waals surface area contributed by atoms with Gasteiger partial charge in [0.15, 0.2) is 6.29 Å². The van der Waals surface area contributed by atoms with Gasteiger partial charge in [0.25, 0.3) is 0 Å². The standard InChI is InChI=1S/C10H5F3N2O/c11-10(12,13)6-1-2-8-7(3-6)9(4-16)15-5-14-8/h1-5H. The summed E-state index contributed by atoms with van der Waals surface area (Å²) in [6.45, 7) is 0. The highest BCUT2D eigenvalue weighted by Crippen LogP contribution is 2.31. The fourth-order valence-electron chi connectivity index (χ4n) is 1.35. The van der Waals surface area contributed by atoms with Crippen LogP contribution in [0.4, 0.5) is 13.2 Å². The lowest BCUT2D eigenvalue weighted by Gasteiger charge is -2.07. The monoisotopic (exact) mass is 226 g/mol. The zero-order chi connectivity index (χ0) is 11.8. The fraction of sp³-hybridized carbons (Fsp3) is 0.100. The van der Waals surface area contributed by atoms with Gasteiger partial charge in [-0.1, -0.05) is 0 Å². The van der Waals surface area contributed by atoms with E-state index in [0.717, 1.165) is 18.5 Å². The lowest BCUT2D eigenvalue weighted by molar-refractivity contribution is -0.137. The van der Waals surface area contributed by atoms with Crippen molar-refractivity contribution in [3.05, 3.63) is 35.8 Å². The van der Waals surface area contributed by atoms with E-state index in [-0.39, 0.29) is 11.1 Å². The number of fused-ring (bicyclic) bond motifs is 1. The van der Waals surface area contributed by atoms with E-state index in [9.17, 15) is 18.0 Å². The summed E-state index contributed by atoms with van der Waals surface area (Å²) in [5.41, 5.74) is -0.556. The molecular formula is C10H5F3N2O. The molecule has 16 heavy (non-hydrogen) atoms. The predicted octanol–water partition coefficient (Wildman–Crippen LogP) is 2.46. The van der Waals surface area contributed by atoms with E-state index in [1.165, 1.54) is 6.07 Å². The third kappa shape index (κ3) is 1.73. The third-order valence-corrected chi connectivity index (χ3v) is 2.11. The van der Waals surface area contributed by atoms with E-state index in [4.69, 9.17) is 0 Å². The smallest absolute Gasteiger partial charge is 0.296 e. The molecule has 0 radical (unpaired) electrons. The van der Waals surface area contributed by atoms with Crippen LogP contribution in [0.15, 0.2) is 24.5 Å². The molecular weight excluding hydrogens is 221 g/mol. The molecule has 0 saturated heterocycles. The Morgan fingerprint density at radius 3 is 2.56 bits per heavy atom. The number of halogens is 3. The van der Waals surface area contributed by atoms with Crippen molar-refractivity contribution in [2.24, 2.45) is 0 Å². The molecule has 2 rings (SSSR count). The zero-order valence-electron chi connectivity index (χ0n) is 7.82. The van der Waals surface area contributed by atoms with Gasteiger partial charge < -0.3 is 0 Å². The van der Waals surface area contributed by atoms with Crippen molar-refractivity contribution in [2.75, 3.05) is 0 Å². The summed E-state index contributed by atoms with van der Waals surface area (Å²) in [5, 5.41) is 0.104. The second-order valence-electron chi connectivity index (χ2n) is 3.11. The Bertz CT molecular complexity index is 551. The highest BCUT2D eigenvalue weighted by molar-refractivity contribution is 5.94. The van der Waals surface area contributed by atoms with Crippen LogP contribution in [0.3, 0.4) is 0 Å². The van der Waals surface area contributed by atoms with Gasteiger partial charge in [-0.25, -0.2) is 9.97 Å². The Morgan fingerprint density at radius 2 is 1.94 bits per heavy atom. The first-order valence-corrected chi connectivity index (χ1v) is 4.29.